The minimum atomic E-state index is -0.348. The van der Waals surface area contributed by atoms with E-state index in [9.17, 15) is 9.59 Å². The van der Waals surface area contributed by atoms with Gasteiger partial charge in [-0.1, -0.05) is 48.9 Å². The van der Waals surface area contributed by atoms with Gasteiger partial charge in [0.25, 0.3) is 5.91 Å². The lowest BCUT2D eigenvalue weighted by Crippen LogP contribution is -2.23. The molecule has 0 aliphatic rings. The number of ether oxygens (including phenoxy) is 1. The number of benzene rings is 2. The Morgan fingerprint density at radius 1 is 1.14 bits per heavy atom. The molecule has 0 bridgehead atoms. The monoisotopic (exact) mass is 396 g/mol. The smallest absolute Gasteiger partial charge is 0.326 e. The molecule has 2 aromatic carbocycles. The van der Waals surface area contributed by atoms with Crippen molar-refractivity contribution in [2.75, 3.05) is 6.61 Å². The number of rotatable bonds is 5. The van der Waals surface area contributed by atoms with Crippen molar-refractivity contribution in [2.24, 2.45) is 4.99 Å². The van der Waals surface area contributed by atoms with Gasteiger partial charge in [0, 0.05) is 5.56 Å². The lowest BCUT2D eigenvalue weighted by molar-refractivity contribution is -0.143. The molecule has 0 atom stereocenters. The Hall–Kier alpha value is -2.73. The molecule has 1 amide bonds. The SMILES string of the molecule is CCOC(=O)Cn1c(=NC(=O)c2ccc(C)cc2)sc2cc(C(C)C)ccc21. The van der Waals surface area contributed by atoms with Crippen LogP contribution in [0.5, 0.6) is 0 Å². The summed E-state index contributed by atoms with van der Waals surface area (Å²) in [4.78, 5) is 29.6. The van der Waals surface area contributed by atoms with Gasteiger partial charge in [0.15, 0.2) is 4.80 Å². The maximum atomic E-state index is 12.7. The van der Waals surface area contributed by atoms with Gasteiger partial charge in [-0.2, -0.15) is 4.99 Å². The van der Waals surface area contributed by atoms with E-state index in [4.69, 9.17) is 4.74 Å². The number of hydrogen-bond acceptors (Lipinski definition) is 4. The largest absolute Gasteiger partial charge is 0.465 e. The summed E-state index contributed by atoms with van der Waals surface area (Å²) in [7, 11) is 0. The first-order valence-corrected chi connectivity index (χ1v) is 10.1. The Kier molecular flexibility index (Phi) is 6.09. The van der Waals surface area contributed by atoms with Gasteiger partial charge >= 0.3 is 5.97 Å². The molecule has 28 heavy (non-hydrogen) atoms. The van der Waals surface area contributed by atoms with Crippen LogP contribution >= 0.6 is 11.3 Å². The van der Waals surface area contributed by atoms with Crippen molar-refractivity contribution >= 4 is 33.4 Å². The van der Waals surface area contributed by atoms with E-state index in [1.807, 2.05) is 31.2 Å². The van der Waals surface area contributed by atoms with Crippen molar-refractivity contribution < 1.29 is 14.3 Å². The van der Waals surface area contributed by atoms with E-state index >= 15 is 0 Å². The minimum absolute atomic E-state index is 0.0227. The van der Waals surface area contributed by atoms with Gasteiger partial charge in [-0.05, 0) is 49.6 Å². The predicted octanol–water partition coefficient (Wildman–Crippen LogP) is 4.44. The highest BCUT2D eigenvalue weighted by atomic mass is 32.1. The molecule has 5 nitrogen and oxygen atoms in total. The summed E-state index contributed by atoms with van der Waals surface area (Å²) in [6.07, 6.45) is 0. The van der Waals surface area contributed by atoms with Gasteiger partial charge in [-0.15, -0.1) is 0 Å². The molecule has 146 valence electrons. The molecule has 0 radical (unpaired) electrons. The number of carbonyl (C=O) groups is 2. The second-order valence-electron chi connectivity index (χ2n) is 6.94. The Morgan fingerprint density at radius 2 is 1.86 bits per heavy atom. The first-order chi connectivity index (χ1) is 13.4. The molecule has 6 heteroatoms. The molecule has 0 aliphatic heterocycles. The second-order valence-corrected chi connectivity index (χ2v) is 7.95. The van der Waals surface area contributed by atoms with Crippen LogP contribution in [0, 0.1) is 6.92 Å². The zero-order valence-corrected chi connectivity index (χ0v) is 17.4. The standard InChI is InChI=1S/C22H24N2O3S/c1-5-27-20(25)13-24-18-11-10-17(14(2)3)12-19(18)28-22(24)23-21(26)16-8-6-15(4)7-9-16/h6-12,14H,5,13H2,1-4H3. The lowest BCUT2D eigenvalue weighted by Gasteiger charge is -2.07. The molecule has 0 spiro atoms. The number of thiazole rings is 1. The van der Waals surface area contributed by atoms with Crippen molar-refractivity contribution in [3.63, 3.8) is 0 Å². The predicted molar refractivity (Wildman–Crippen MR) is 112 cm³/mol. The first kappa shape index (κ1) is 20.0. The number of fused-ring (bicyclic) bond motifs is 1. The van der Waals surface area contributed by atoms with E-state index in [1.165, 1.54) is 16.9 Å². The van der Waals surface area contributed by atoms with Gasteiger partial charge in [-0.3, -0.25) is 9.59 Å². The van der Waals surface area contributed by atoms with Crippen molar-refractivity contribution in [1.29, 1.82) is 0 Å². The van der Waals surface area contributed by atoms with Crippen LogP contribution in [0.3, 0.4) is 0 Å². The van der Waals surface area contributed by atoms with Crippen molar-refractivity contribution in [2.45, 2.75) is 40.2 Å². The van der Waals surface area contributed by atoms with E-state index < -0.39 is 0 Å². The van der Waals surface area contributed by atoms with Crippen molar-refractivity contribution in [3.05, 3.63) is 64.0 Å². The molecule has 3 rings (SSSR count). The topological polar surface area (TPSA) is 60.7 Å². The van der Waals surface area contributed by atoms with Gasteiger partial charge < -0.3 is 9.30 Å². The summed E-state index contributed by atoms with van der Waals surface area (Å²) in [5.74, 6) is -0.285. The Morgan fingerprint density at radius 3 is 2.50 bits per heavy atom. The van der Waals surface area contributed by atoms with Crippen LogP contribution in [0.25, 0.3) is 10.2 Å². The number of nitrogens with zero attached hydrogens (tertiary/aromatic N) is 2. The van der Waals surface area contributed by atoms with E-state index in [-0.39, 0.29) is 18.4 Å². The maximum absolute atomic E-state index is 12.7. The number of carbonyl (C=O) groups excluding carboxylic acids is 2. The first-order valence-electron chi connectivity index (χ1n) is 9.33. The summed E-state index contributed by atoms with van der Waals surface area (Å²) < 4.78 is 7.85. The Labute approximate surface area is 168 Å². The molecule has 1 aromatic heterocycles. The van der Waals surface area contributed by atoms with Crippen LogP contribution < -0.4 is 4.80 Å². The van der Waals surface area contributed by atoms with Crippen molar-refractivity contribution in [3.8, 4) is 0 Å². The minimum Gasteiger partial charge on any atom is -0.465 e. The molecule has 0 fully saturated rings. The van der Waals surface area contributed by atoms with E-state index in [2.05, 4.69) is 24.9 Å². The number of amides is 1. The third-order valence-electron chi connectivity index (χ3n) is 4.46. The van der Waals surface area contributed by atoms with Gasteiger partial charge in [-0.25, -0.2) is 0 Å². The Bertz CT molecular complexity index is 1080. The number of aromatic nitrogens is 1. The second kappa shape index (κ2) is 8.52. The molecule has 0 aliphatic carbocycles. The average molecular weight is 397 g/mol. The molecule has 0 saturated carbocycles. The van der Waals surface area contributed by atoms with Crippen LogP contribution in [-0.2, 0) is 16.1 Å². The van der Waals surface area contributed by atoms with Gasteiger partial charge in [0.2, 0.25) is 0 Å². The van der Waals surface area contributed by atoms with Gasteiger partial charge in [0.05, 0.1) is 16.8 Å². The summed E-state index contributed by atoms with van der Waals surface area (Å²) >= 11 is 1.41. The summed E-state index contributed by atoms with van der Waals surface area (Å²) in [5.41, 5.74) is 3.68. The van der Waals surface area contributed by atoms with E-state index in [0.717, 1.165) is 15.8 Å². The van der Waals surface area contributed by atoms with E-state index in [0.29, 0.717) is 22.9 Å². The molecule has 0 unspecified atom stereocenters. The summed E-state index contributed by atoms with van der Waals surface area (Å²) in [6.45, 7) is 8.34. The van der Waals surface area contributed by atoms with Crippen molar-refractivity contribution in [1.82, 2.24) is 4.57 Å². The molecule has 1 heterocycles. The van der Waals surface area contributed by atoms with Gasteiger partial charge in [0.1, 0.15) is 6.54 Å². The normalized spacial score (nSPS) is 12.0. The molecule has 0 N–H and O–H groups in total. The zero-order valence-electron chi connectivity index (χ0n) is 16.6. The summed E-state index contributed by atoms with van der Waals surface area (Å²) in [6, 6.07) is 13.4. The number of esters is 1. The highest BCUT2D eigenvalue weighted by molar-refractivity contribution is 7.16. The highest BCUT2D eigenvalue weighted by Gasteiger charge is 2.14. The fraction of sp³-hybridized carbons (Fsp3) is 0.318. The number of aryl methyl sites for hydroxylation is 1. The molecule has 0 saturated heterocycles. The van der Waals surface area contributed by atoms with Crippen LogP contribution in [0.4, 0.5) is 0 Å². The molecular formula is C22H24N2O3S. The number of hydrogen-bond donors (Lipinski definition) is 0. The van der Waals surface area contributed by atoms with E-state index in [1.54, 1.807) is 23.6 Å². The fourth-order valence-corrected chi connectivity index (χ4v) is 3.95. The zero-order chi connectivity index (χ0) is 20.3. The van der Waals surface area contributed by atoms with Crippen LogP contribution in [0.15, 0.2) is 47.5 Å². The Balaban J connectivity index is 2.11. The fourth-order valence-electron chi connectivity index (χ4n) is 2.87. The van der Waals surface area contributed by atoms with Crippen LogP contribution in [0.1, 0.15) is 48.2 Å². The third-order valence-corrected chi connectivity index (χ3v) is 5.50. The van der Waals surface area contributed by atoms with Crippen LogP contribution in [0.2, 0.25) is 0 Å². The maximum Gasteiger partial charge on any atom is 0.326 e. The highest BCUT2D eigenvalue weighted by Crippen LogP contribution is 2.23. The lowest BCUT2D eigenvalue weighted by atomic mass is 10.0. The molecule has 3 aromatic rings. The average Bonchev–Trinajstić information content (AvgIpc) is 2.98. The van der Waals surface area contributed by atoms with Crippen LogP contribution in [-0.4, -0.2) is 23.1 Å². The quantitative estimate of drug-likeness (QED) is 0.599. The third kappa shape index (κ3) is 4.39. The molecular weight excluding hydrogens is 372 g/mol. The summed E-state index contributed by atoms with van der Waals surface area (Å²) in [5, 5.41) is 0.